The van der Waals surface area contributed by atoms with E-state index in [0.717, 1.165) is 0 Å². The molecule has 0 aromatic rings. The number of rotatable bonds is 0. The summed E-state index contributed by atoms with van der Waals surface area (Å²) in [4.78, 5) is 29.9. The summed E-state index contributed by atoms with van der Waals surface area (Å²) in [6, 6.07) is 0. The van der Waals surface area contributed by atoms with E-state index in [4.69, 9.17) is 34.6 Å². The topological polar surface area (TPSA) is 176 Å². The molecule has 7 N–H and O–H groups in total. The van der Waals surface area contributed by atoms with Gasteiger partial charge < -0.3 is 27.5 Å². The van der Waals surface area contributed by atoms with Crippen LogP contribution in [0.15, 0.2) is 0 Å². The molecular formula is H8N2NaO7P. The van der Waals surface area contributed by atoms with Crippen molar-refractivity contribution in [3.8, 4) is 0 Å². The third-order valence-electron chi connectivity index (χ3n) is 0. The van der Waals surface area contributed by atoms with Gasteiger partial charge in [0.15, 0.2) is 0 Å². The number of nitrogens with zero attached hydrogens (tertiary/aromatic N) is 1. The van der Waals surface area contributed by atoms with Gasteiger partial charge in [-0.3, -0.25) is 0 Å². The number of hydrogen-bond donors (Lipinski definition) is 5. The van der Waals surface area contributed by atoms with Crippen LogP contribution in [0.4, 0.5) is 0 Å². The van der Waals surface area contributed by atoms with Crippen molar-refractivity contribution >= 4 is 7.82 Å². The molecule has 11 heteroatoms. The van der Waals surface area contributed by atoms with Crippen molar-refractivity contribution in [3.63, 3.8) is 0 Å². The molecule has 0 spiro atoms. The van der Waals surface area contributed by atoms with Crippen molar-refractivity contribution < 1.29 is 60.5 Å². The van der Waals surface area contributed by atoms with E-state index < -0.39 is 12.9 Å². The van der Waals surface area contributed by atoms with Crippen LogP contribution in [-0.2, 0) is 4.57 Å². The fraction of sp³-hybridized carbons (Fsp3) is 0. The summed E-state index contributed by atoms with van der Waals surface area (Å²) in [6.07, 6.45) is 0. The van der Waals surface area contributed by atoms with Gasteiger partial charge >= 0.3 is 37.4 Å². The second-order valence-electron chi connectivity index (χ2n) is 0.751. The Balaban J connectivity index is -0.0000000221. The second kappa shape index (κ2) is 10.3. The maximum atomic E-state index is 8.88. The van der Waals surface area contributed by atoms with Crippen LogP contribution in [0.2, 0.25) is 0 Å². The van der Waals surface area contributed by atoms with Gasteiger partial charge in [-0.1, -0.05) is 0 Å². The average Bonchev–Trinajstić information content (AvgIpc) is 1.19. The average molecular weight is 202 g/mol. The monoisotopic (exact) mass is 202 g/mol. The van der Waals surface area contributed by atoms with Crippen LogP contribution in [0.3, 0.4) is 0 Å². The minimum absolute atomic E-state index is 0. The molecule has 0 heterocycles. The number of phosphoric acid groups is 1. The standard InChI is InChI=1S/HNO3.H3N.Na.H3O4P.H/c2-1(3)4;;;1-5(2,3)4;/h(H,2,3,4);1H3;;(H3,1,2,3,4);/q;;+1;;-1. The van der Waals surface area contributed by atoms with E-state index in [1.54, 1.807) is 0 Å². The van der Waals surface area contributed by atoms with E-state index in [1.807, 2.05) is 0 Å². The first-order valence-corrected chi connectivity index (χ1v) is 2.91. The van der Waals surface area contributed by atoms with Gasteiger partial charge in [0.2, 0.25) is 0 Å². The summed E-state index contributed by atoms with van der Waals surface area (Å²) in [5.41, 5.74) is 0. The minimum atomic E-state index is -4.64. The Bertz CT molecular complexity index is 121. The van der Waals surface area contributed by atoms with Crippen LogP contribution in [-0.4, -0.2) is 25.0 Å². The minimum Gasteiger partial charge on any atom is -1.00 e. The molecule has 0 atom stereocenters. The van der Waals surface area contributed by atoms with Crippen molar-refractivity contribution in [3.05, 3.63) is 10.1 Å². The molecule has 11 heavy (non-hydrogen) atoms. The Labute approximate surface area is 84.7 Å². The van der Waals surface area contributed by atoms with Crippen molar-refractivity contribution in [2.24, 2.45) is 0 Å². The molecule has 0 aliphatic heterocycles. The van der Waals surface area contributed by atoms with Crippen molar-refractivity contribution in [1.29, 1.82) is 0 Å². The maximum absolute atomic E-state index is 8.88. The quantitative estimate of drug-likeness (QED) is 0.114. The van der Waals surface area contributed by atoms with Crippen LogP contribution in [0.5, 0.6) is 0 Å². The molecule has 0 aliphatic rings. The third-order valence-corrected chi connectivity index (χ3v) is 0. The number of hydrogen-bond acceptors (Lipinski definition) is 4. The van der Waals surface area contributed by atoms with E-state index in [0.29, 0.717) is 0 Å². The first-order chi connectivity index (χ1) is 3.73. The van der Waals surface area contributed by atoms with Crippen LogP contribution in [0.1, 0.15) is 1.43 Å². The summed E-state index contributed by atoms with van der Waals surface area (Å²) >= 11 is 0. The summed E-state index contributed by atoms with van der Waals surface area (Å²) < 4.78 is 8.88. The smallest absolute Gasteiger partial charge is 1.00 e. The van der Waals surface area contributed by atoms with Crippen LogP contribution < -0.4 is 35.7 Å². The second-order valence-corrected chi connectivity index (χ2v) is 1.78. The first-order valence-electron chi connectivity index (χ1n) is 1.35. The molecule has 9 nitrogen and oxygen atoms in total. The fourth-order valence-corrected chi connectivity index (χ4v) is 0. The molecular weight excluding hydrogens is 194 g/mol. The van der Waals surface area contributed by atoms with Gasteiger partial charge in [-0.2, -0.15) is 0 Å². The molecule has 66 valence electrons. The Morgan fingerprint density at radius 2 is 1.36 bits per heavy atom. The van der Waals surface area contributed by atoms with Gasteiger partial charge in [-0.05, 0) is 0 Å². The van der Waals surface area contributed by atoms with Crippen molar-refractivity contribution in [2.45, 2.75) is 0 Å². The van der Waals surface area contributed by atoms with Gasteiger partial charge in [0.05, 0.1) is 0 Å². The predicted octanol–water partition coefficient (Wildman–Crippen LogP) is -4.00. The van der Waals surface area contributed by atoms with E-state index >= 15 is 0 Å². The van der Waals surface area contributed by atoms with Crippen molar-refractivity contribution in [2.75, 3.05) is 0 Å². The molecule has 0 unspecified atom stereocenters. The molecule has 0 rings (SSSR count). The van der Waals surface area contributed by atoms with E-state index in [2.05, 4.69) is 0 Å². The zero-order chi connectivity index (χ0) is 8.08. The van der Waals surface area contributed by atoms with Crippen LogP contribution >= 0.6 is 7.82 Å². The first kappa shape index (κ1) is 22.5. The molecule has 0 aromatic heterocycles. The van der Waals surface area contributed by atoms with Gasteiger partial charge in [0.25, 0.3) is 5.09 Å². The Morgan fingerprint density at radius 3 is 1.36 bits per heavy atom. The van der Waals surface area contributed by atoms with Gasteiger partial charge in [-0.15, -0.1) is 10.1 Å². The third kappa shape index (κ3) is 9640. The fourth-order valence-electron chi connectivity index (χ4n) is 0. The zero-order valence-corrected chi connectivity index (χ0v) is 8.51. The van der Waals surface area contributed by atoms with E-state index in [-0.39, 0.29) is 37.1 Å². The molecule has 0 aromatic carbocycles. The van der Waals surface area contributed by atoms with Gasteiger partial charge in [-0.25, -0.2) is 4.57 Å². The van der Waals surface area contributed by atoms with E-state index in [9.17, 15) is 0 Å². The van der Waals surface area contributed by atoms with Crippen molar-refractivity contribution in [1.82, 2.24) is 6.15 Å². The zero-order valence-electron chi connectivity index (χ0n) is 6.62. The van der Waals surface area contributed by atoms with Gasteiger partial charge in [0.1, 0.15) is 0 Å². The molecule has 0 aliphatic carbocycles. The SMILES string of the molecule is N.O=P(O)(O)O.O=[N+]([O-])O.[H-].[Na+]. The maximum Gasteiger partial charge on any atom is 1.00 e. The molecule has 0 bridgehead atoms. The van der Waals surface area contributed by atoms with Gasteiger partial charge in [0, 0.05) is 0 Å². The molecule has 0 saturated heterocycles. The Kier molecular flexibility index (Phi) is 21.0. The molecule has 0 fully saturated rings. The summed E-state index contributed by atoms with van der Waals surface area (Å²) in [6.45, 7) is 0. The van der Waals surface area contributed by atoms with E-state index in [1.165, 1.54) is 0 Å². The molecule has 0 radical (unpaired) electrons. The predicted molar refractivity (Wildman–Crippen MR) is 29.2 cm³/mol. The Morgan fingerprint density at radius 1 is 1.36 bits per heavy atom. The largest absolute Gasteiger partial charge is 1.00 e. The van der Waals surface area contributed by atoms with Crippen LogP contribution in [0, 0.1) is 10.1 Å². The summed E-state index contributed by atoms with van der Waals surface area (Å²) in [7, 11) is -4.64. The Hall–Kier alpha value is 0.270. The molecule has 0 amide bonds. The van der Waals surface area contributed by atoms with Crippen LogP contribution in [0.25, 0.3) is 0 Å². The molecule has 0 saturated carbocycles. The summed E-state index contributed by atoms with van der Waals surface area (Å²) in [5, 5.41) is 13.6. The normalized spacial score (nSPS) is 7.55. The summed E-state index contributed by atoms with van der Waals surface area (Å²) in [5.74, 6) is 0.